The summed E-state index contributed by atoms with van der Waals surface area (Å²) in [5.74, 6) is -1.06. The molecule has 1 aliphatic heterocycles. The molecular formula is C17H15NO4. The zero-order valence-electron chi connectivity index (χ0n) is 11.8. The summed E-state index contributed by atoms with van der Waals surface area (Å²) in [4.78, 5) is 24.4. The van der Waals surface area contributed by atoms with Crippen LogP contribution in [0.1, 0.15) is 23.3 Å². The summed E-state index contributed by atoms with van der Waals surface area (Å²) in [5, 5.41) is 9.06. The van der Waals surface area contributed by atoms with Crippen LogP contribution in [0.15, 0.2) is 60.7 Å². The Morgan fingerprint density at radius 3 is 2.09 bits per heavy atom. The molecule has 2 aromatic rings. The van der Waals surface area contributed by atoms with Crippen molar-refractivity contribution in [2.24, 2.45) is 0 Å². The second-order valence-electron chi connectivity index (χ2n) is 5.09. The summed E-state index contributed by atoms with van der Waals surface area (Å²) in [6.45, 7) is -0.387. The molecular weight excluding hydrogens is 282 g/mol. The topological polar surface area (TPSA) is 66.8 Å². The van der Waals surface area contributed by atoms with Gasteiger partial charge >= 0.3 is 12.1 Å². The molecule has 1 fully saturated rings. The first-order valence-electron chi connectivity index (χ1n) is 6.96. The van der Waals surface area contributed by atoms with E-state index in [1.165, 1.54) is 4.90 Å². The van der Waals surface area contributed by atoms with Crippen LogP contribution in [0.2, 0.25) is 0 Å². The van der Waals surface area contributed by atoms with Crippen LogP contribution in [0.5, 0.6) is 0 Å². The number of aliphatic carboxylic acids is 1. The van der Waals surface area contributed by atoms with Gasteiger partial charge in [-0.05, 0) is 11.1 Å². The summed E-state index contributed by atoms with van der Waals surface area (Å²) in [6.07, 6.45) is -1.12. The number of benzene rings is 2. The molecule has 2 atom stereocenters. The molecule has 3 rings (SSSR count). The van der Waals surface area contributed by atoms with Crippen molar-refractivity contribution in [1.82, 2.24) is 4.90 Å². The van der Waals surface area contributed by atoms with Gasteiger partial charge in [-0.3, -0.25) is 9.69 Å². The first-order chi connectivity index (χ1) is 10.7. The van der Waals surface area contributed by atoms with Crippen LogP contribution in [0, 0.1) is 0 Å². The molecule has 1 N–H and O–H groups in total. The Bertz CT molecular complexity index is 672. The third-order valence-corrected chi connectivity index (χ3v) is 3.66. The third-order valence-electron chi connectivity index (χ3n) is 3.66. The van der Waals surface area contributed by atoms with Gasteiger partial charge < -0.3 is 9.84 Å². The van der Waals surface area contributed by atoms with E-state index in [2.05, 4.69) is 0 Å². The molecule has 1 amide bonds. The largest absolute Gasteiger partial charge is 0.480 e. The Morgan fingerprint density at radius 2 is 1.55 bits per heavy atom. The predicted octanol–water partition coefficient (Wildman–Crippen LogP) is 3.01. The molecule has 0 bridgehead atoms. The van der Waals surface area contributed by atoms with Gasteiger partial charge in [0.2, 0.25) is 0 Å². The van der Waals surface area contributed by atoms with Crippen LogP contribution in [0.3, 0.4) is 0 Å². The van der Waals surface area contributed by atoms with Gasteiger partial charge in [0.1, 0.15) is 12.6 Å². The van der Waals surface area contributed by atoms with Gasteiger partial charge in [0, 0.05) is 0 Å². The zero-order chi connectivity index (χ0) is 15.5. The normalized spacial score (nSPS) is 20.7. The van der Waals surface area contributed by atoms with Gasteiger partial charge in [-0.25, -0.2) is 4.79 Å². The molecule has 5 nitrogen and oxygen atoms in total. The van der Waals surface area contributed by atoms with E-state index in [0.717, 1.165) is 11.1 Å². The van der Waals surface area contributed by atoms with Crippen molar-refractivity contribution in [1.29, 1.82) is 0 Å². The van der Waals surface area contributed by atoms with E-state index in [4.69, 9.17) is 9.84 Å². The standard InChI is InChI=1S/C17H15NO4/c19-14(20)11-18-15(12-7-3-1-4-8-12)16(22-17(18)21)13-9-5-2-6-10-13/h1-10,15-16H,11H2,(H,19,20). The molecule has 1 saturated heterocycles. The van der Waals surface area contributed by atoms with Gasteiger partial charge in [-0.15, -0.1) is 0 Å². The number of hydrogen-bond acceptors (Lipinski definition) is 3. The number of nitrogens with zero attached hydrogens (tertiary/aromatic N) is 1. The van der Waals surface area contributed by atoms with Gasteiger partial charge in [-0.2, -0.15) is 0 Å². The van der Waals surface area contributed by atoms with E-state index in [9.17, 15) is 9.59 Å². The number of amides is 1. The summed E-state index contributed by atoms with van der Waals surface area (Å²) in [7, 11) is 0. The SMILES string of the molecule is O=C(O)CN1C(=O)OC(c2ccccc2)C1c1ccccc1. The van der Waals surface area contributed by atoms with Crippen molar-refractivity contribution in [3.8, 4) is 0 Å². The minimum Gasteiger partial charge on any atom is -0.480 e. The second kappa shape index (κ2) is 5.89. The summed E-state index contributed by atoms with van der Waals surface area (Å²) in [6, 6.07) is 18.2. The maximum atomic E-state index is 12.1. The Kier molecular flexibility index (Phi) is 3.78. The number of ether oxygens (including phenoxy) is 1. The van der Waals surface area contributed by atoms with Crippen LogP contribution in [0.25, 0.3) is 0 Å². The number of hydrogen-bond donors (Lipinski definition) is 1. The highest BCUT2D eigenvalue weighted by Crippen LogP contribution is 2.42. The molecule has 0 aliphatic carbocycles. The lowest BCUT2D eigenvalue weighted by molar-refractivity contribution is -0.137. The van der Waals surface area contributed by atoms with E-state index in [1.807, 2.05) is 60.7 Å². The molecule has 1 aliphatic rings. The lowest BCUT2D eigenvalue weighted by Gasteiger charge is -2.24. The number of cyclic esters (lactones) is 1. The molecule has 0 radical (unpaired) electrons. The first-order valence-corrected chi connectivity index (χ1v) is 6.96. The Morgan fingerprint density at radius 1 is 1.00 bits per heavy atom. The van der Waals surface area contributed by atoms with Crippen molar-refractivity contribution >= 4 is 12.1 Å². The smallest absolute Gasteiger partial charge is 0.411 e. The van der Waals surface area contributed by atoms with Crippen molar-refractivity contribution in [2.75, 3.05) is 6.54 Å². The second-order valence-corrected chi connectivity index (χ2v) is 5.09. The molecule has 5 heteroatoms. The van der Waals surface area contributed by atoms with Crippen LogP contribution in [-0.2, 0) is 9.53 Å². The van der Waals surface area contributed by atoms with Crippen LogP contribution in [0.4, 0.5) is 4.79 Å². The monoisotopic (exact) mass is 297 g/mol. The Hall–Kier alpha value is -2.82. The summed E-state index contributed by atoms with van der Waals surface area (Å²) >= 11 is 0. The van der Waals surface area contributed by atoms with Gasteiger partial charge in [0.05, 0.1) is 0 Å². The Balaban J connectivity index is 2.02. The number of rotatable bonds is 4. The molecule has 0 saturated carbocycles. The minimum absolute atomic E-state index is 0.387. The van der Waals surface area contributed by atoms with E-state index >= 15 is 0 Å². The predicted molar refractivity (Wildman–Crippen MR) is 79.2 cm³/mol. The fraction of sp³-hybridized carbons (Fsp3) is 0.176. The number of carbonyl (C=O) groups excluding carboxylic acids is 1. The van der Waals surface area contributed by atoms with Crippen molar-refractivity contribution in [3.63, 3.8) is 0 Å². The van der Waals surface area contributed by atoms with Gasteiger partial charge in [-0.1, -0.05) is 60.7 Å². The van der Waals surface area contributed by atoms with Gasteiger partial charge in [0.15, 0.2) is 6.10 Å². The average Bonchev–Trinajstić information content (AvgIpc) is 2.85. The fourth-order valence-corrected chi connectivity index (χ4v) is 2.72. The summed E-state index contributed by atoms with van der Waals surface area (Å²) < 4.78 is 5.45. The molecule has 112 valence electrons. The highest BCUT2D eigenvalue weighted by atomic mass is 16.6. The molecule has 1 heterocycles. The molecule has 2 unspecified atom stereocenters. The van der Waals surface area contributed by atoms with Crippen LogP contribution in [-0.4, -0.2) is 28.6 Å². The van der Waals surface area contributed by atoms with Crippen LogP contribution < -0.4 is 0 Å². The van der Waals surface area contributed by atoms with E-state index in [0.29, 0.717) is 0 Å². The van der Waals surface area contributed by atoms with Crippen molar-refractivity contribution < 1.29 is 19.4 Å². The van der Waals surface area contributed by atoms with E-state index < -0.39 is 24.2 Å². The first kappa shape index (κ1) is 14.1. The van der Waals surface area contributed by atoms with E-state index in [-0.39, 0.29) is 6.54 Å². The fourth-order valence-electron chi connectivity index (χ4n) is 2.72. The Labute approximate surface area is 127 Å². The lowest BCUT2D eigenvalue weighted by Crippen LogP contribution is -2.33. The molecule has 2 aromatic carbocycles. The number of carboxylic acids is 1. The highest BCUT2D eigenvalue weighted by molar-refractivity contribution is 5.79. The third kappa shape index (κ3) is 2.65. The minimum atomic E-state index is -1.06. The maximum Gasteiger partial charge on any atom is 0.411 e. The molecule has 0 spiro atoms. The maximum absolute atomic E-state index is 12.1. The molecule has 22 heavy (non-hydrogen) atoms. The van der Waals surface area contributed by atoms with Crippen molar-refractivity contribution in [3.05, 3.63) is 71.8 Å². The highest BCUT2D eigenvalue weighted by Gasteiger charge is 2.44. The zero-order valence-corrected chi connectivity index (χ0v) is 11.8. The summed E-state index contributed by atoms with van der Waals surface area (Å²) in [5.41, 5.74) is 1.70. The average molecular weight is 297 g/mol. The van der Waals surface area contributed by atoms with Crippen LogP contribution >= 0.6 is 0 Å². The quantitative estimate of drug-likeness (QED) is 0.942. The van der Waals surface area contributed by atoms with Crippen molar-refractivity contribution in [2.45, 2.75) is 12.1 Å². The van der Waals surface area contributed by atoms with Gasteiger partial charge in [0.25, 0.3) is 0 Å². The lowest BCUT2D eigenvalue weighted by atomic mass is 9.95. The van der Waals surface area contributed by atoms with E-state index in [1.54, 1.807) is 0 Å². The number of carboxylic acid groups (broad SMARTS) is 1. The molecule has 0 aromatic heterocycles. The number of carbonyl (C=O) groups is 2.